The number of carboxylic acid groups (broad SMARTS) is 1. The van der Waals surface area contributed by atoms with Gasteiger partial charge in [0.2, 0.25) is 0 Å². The number of anilines is 1. The van der Waals surface area contributed by atoms with Crippen molar-refractivity contribution in [1.29, 1.82) is 0 Å². The SMILES string of the molecule is COc1ccc(N2C(=S)N[C@H](c3ccccn3)[C@H]2c2ccc(-c3cc(C(=O)O)ccc3Cl)o2)cc1Cl. The number of hydrogen-bond acceptors (Lipinski definition) is 5. The first-order valence-electron chi connectivity index (χ1n) is 10.8. The summed E-state index contributed by atoms with van der Waals surface area (Å²) in [4.78, 5) is 17.9. The second kappa shape index (κ2) is 9.81. The largest absolute Gasteiger partial charge is 0.495 e. The highest BCUT2D eigenvalue weighted by Crippen LogP contribution is 2.44. The van der Waals surface area contributed by atoms with Gasteiger partial charge in [0.15, 0.2) is 5.11 Å². The molecule has 0 aliphatic carbocycles. The van der Waals surface area contributed by atoms with Crippen LogP contribution in [0.2, 0.25) is 10.0 Å². The van der Waals surface area contributed by atoms with Gasteiger partial charge >= 0.3 is 5.97 Å². The summed E-state index contributed by atoms with van der Waals surface area (Å²) >= 11 is 18.6. The van der Waals surface area contributed by atoms with Crippen molar-refractivity contribution >= 4 is 52.2 Å². The van der Waals surface area contributed by atoms with E-state index >= 15 is 0 Å². The molecule has 3 heterocycles. The highest BCUT2D eigenvalue weighted by atomic mass is 35.5. The van der Waals surface area contributed by atoms with Crippen molar-refractivity contribution in [2.24, 2.45) is 0 Å². The number of nitrogens with one attached hydrogen (secondary N) is 1. The van der Waals surface area contributed by atoms with E-state index in [1.165, 1.54) is 18.2 Å². The van der Waals surface area contributed by atoms with Crippen molar-refractivity contribution in [2.45, 2.75) is 12.1 Å². The summed E-state index contributed by atoms with van der Waals surface area (Å²) in [5.41, 5.74) is 2.10. The number of furan rings is 1. The van der Waals surface area contributed by atoms with Gasteiger partial charge in [-0.1, -0.05) is 29.3 Å². The number of benzene rings is 2. The molecule has 1 fully saturated rings. The standard InChI is InChI=1S/C26H19Cl2N3O4S/c1-34-21-8-6-15(13-18(21)28)31-24(23(30-26(31)36)19-4-2-3-11-29-19)22-10-9-20(35-22)16-12-14(25(32)33)5-7-17(16)27/h2-13,23-24H,1H3,(H,30,36)(H,32,33)/t23-,24-/m1/s1. The molecule has 36 heavy (non-hydrogen) atoms. The molecule has 2 N–H and O–H groups in total. The van der Waals surface area contributed by atoms with Crippen molar-refractivity contribution in [2.75, 3.05) is 12.0 Å². The molecule has 2 aromatic heterocycles. The summed E-state index contributed by atoms with van der Waals surface area (Å²) in [6.45, 7) is 0. The monoisotopic (exact) mass is 539 g/mol. The molecule has 0 saturated carbocycles. The molecule has 182 valence electrons. The Hall–Kier alpha value is -3.59. The smallest absolute Gasteiger partial charge is 0.335 e. The number of pyridine rings is 1. The van der Waals surface area contributed by atoms with Crippen LogP contribution < -0.4 is 15.0 Å². The molecule has 7 nitrogen and oxygen atoms in total. The number of rotatable bonds is 6. The molecule has 10 heteroatoms. The Morgan fingerprint density at radius 2 is 1.94 bits per heavy atom. The molecule has 2 atom stereocenters. The van der Waals surface area contributed by atoms with Crippen LogP contribution in [0.15, 0.2) is 77.3 Å². The van der Waals surface area contributed by atoms with E-state index in [0.29, 0.717) is 38.0 Å². The van der Waals surface area contributed by atoms with Crippen LogP contribution in [0.5, 0.6) is 5.75 Å². The Morgan fingerprint density at radius 3 is 2.64 bits per heavy atom. The van der Waals surface area contributed by atoms with Crippen LogP contribution >= 0.6 is 35.4 Å². The number of aromatic carboxylic acids is 1. The number of thiocarbonyl (C=S) groups is 1. The number of carboxylic acids is 1. The summed E-state index contributed by atoms with van der Waals surface area (Å²) in [5, 5.41) is 14.1. The topological polar surface area (TPSA) is 87.8 Å². The lowest BCUT2D eigenvalue weighted by Crippen LogP contribution is -2.29. The zero-order valence-corrected chi connectivity index (χ0v) is 21.1. The molecule has 1 saturated heterocycles. The van der Waals surface area contributed by atoms with E-state index in [1.54, 1.807) is 31.5 Å². The highest BCUT2D eigenvalue weighted by Gasteiger charge is 2.42. The average molecular weight is 540 g/mol. The number of methoxy groups -OCH3 is 1. The van der Waals surface area contributed by atoms with Crippen molar-refractivity contribution in [3.8, 4) is 17.1 Å². The van der Waals surface area contributed by atoms with Crippen LogP contribution in [0, 0.1) is 0 Å². The number of ether oxygens (including phenoxy) is 1. The summed E-state index contributed by atoms with van der Waals surface area (Å²) in [7, 11) is 1.55. The molecule has 2 aromatic carbocycles. The molecule has 0 bridgehead atoms. The van der Waals surface area contributed by atoms with Gasteiger partial charge in [-0.2, -0.15) is 0 Å². The van der Waals surface area contributed by atoms with Gasteiger partial charge in [0.05, 0.1) is 34.5 Å². The lowest BCUT2D eigenvalue weighted by Gasteiger charge is -2.26. The molecular weight excluding hydrogens is 521 g/mol. The van der Waals surface area contributed by atoms with Gasteiger partial charge in [-0.25, -0.2) is 4.79 Å². The Morgan fingerprint density at radius 1 is 1.11 bits per heavy atom. The fraction of sp³-hybridized carbons (Fsp3) is 0.115. The first-order chi connectivity index (χ1) is 17.4. The minimum absolute atomic E-state index is 0.108. The van der Waals surface area contributed by atoms with Gasteiger partial charge in [0, 0.05) is 17.4 Å². The molecule has 5 rings (SSSR count). The van der Waals surface area contributed by atoms with E-state index in [2.05, 4.69) is 10.3 Å². The van der Waals surface area contributed by atoms with E-state index in [1.807, 2.05) is 35.2 Å². The number of carbonyl (C=O) groups is 1. The average Bonchev–Trinajstić information content (AvgIpc) is 3.49. The summed E-state index contributed by atoms with van der Waals surface area (Å²) < 4.78 is 11.6. The fourth-order valence-electron chi connectivity index (χ4n) is 4.23. The van der Waals surface area contributed by atoms with E-state index in [4.69, 9.17) is 44.6 Å². The van der Waals surface area contributed by atoms with Gasteiger partial charge < -0.3 is 24.5 Å². The minimum Gasteiger partial charge on any atom is -0.495 e. The third-order valence-corrected chi connectivity index (χ3v) is 6.85. The lowest BCUT2D eigenvalue weighted by atomic mass is 10.0. The molecule has 1 aliphatic rings. The van der Waals surface area contributed by atoms with Gasteiger partial charge in [-0.15, -0.1) is 0 Å². The number of halogens is 2. The van der Waals surface area contributed by atoms with Crippen LogP contribution in [-0.2, 0) is 0 Å². The number of nitrogens with zero attached hydrogens (tertiary/aromatic N) is 2. The third kappa shape index (κ3) is 4.39. The fourth-order valence-corrected chi connectivity index (χ4v) is 5.04. The maximum Gasteiger partial charge on any atom is 0.335 e. The maximum absolute atomic E-state index is 11.5. The Kier molecular flexibility index (Phi) is 6.57. The van der Waals surface area contributed by atoms with E-state index in [-0.39, 0.29) is 11.6 Å². The van der Waals surface area contributed by atoms with Crippen LogP contribution in [0.25, 0.3) is 11.3 Å². The van der Waals surface area contributed by atoms with E-state index in [0.717, 1.165) is 11.4 Å². The van der Waals surface area contributed by atoms with Crippen LogP contribution in [0.1, 0.15) is 33.9 Å². The Labute approximate surface area is 222 Å². The normalized spacial score (nSPS) is 17.2. The predicted octanol–water partition coefficient (Wildman–Crippen LogP) is 6.53. The Balaban J connectivity index is 1.61. The second-order valence-corrected chi connectivity index (χ2v) is 9.22. The molecule has 0 radical (unpaired) electrons. The summed E-state index contributed by atoms with van der Waals surface area (Å²) in [6, 6.07) is 18.4. The zero-order chi connectivity index (χ0) is 25.4. The minimum atomic E-state index is -1.05. The summed E-state index contributed by atoms with van der Waals surface area (Å²) in [5.74, 6) is 0.507. The van der Waals surface area contributed by atoms with Crippen LogP contribution in [-0.4, -0.2) is 28.3 Å². The molecule has 1 aliphatic heterocycles. The number of hydrogen-bond donors (Lipinski definition) is 2. The number of aromatic nitrogens is 1. The van der Waals surface area contributed by atoms with Gasteiger partial charge in [0.1, 0.15) is 23.3 Å². The second-order valence-electron chi connectivity index (χ2n) is 8.02. The molecule has 4 aromatic rings. The first-order valence-corrected chi connectivity index (χ1v) is 12.0. The zero-order valence-electron chi connectivity index (χ0n) is 18.8. The van der Waals surface area contributed by atoms with Gasteiger partial charge in [0.25, 0.3) is 0 Å². The molecule has 0 spiro atoms. The third-order valence-electron chi connectivity index (χ3n) is 5.91. The summed E-state index contributed by atoms with van der Waals surface area (Å²) in [6.07, 6.45) is 1.72. The van der Waals surface area contributed by atoms with Crippen molar-refractivity contribution in [3.63, 3.8) is 0 Å². The van der Waals surface area contributed by atoms with Crippen molar-refractivity contribution < 1.29 is 19.1 Å². The van der Waals surface area contributed by atoms with Crippen molar-refractivity contribution in [3.05, 3.63) is 100.0 Å². The van der Waals surface area contributed by atoms with E-state index in [9.17, 15) is 9.90 Å². The Bertz CT molecular complexity index is 1460. The maximum atomic E-state index is 11.5. The predicted molar refractivity (Wildman–Crippen MR) is 142 cm³/mol. The van der Waals surface area contributed by atoms with E-state index < -0.39 is 12.0 Å². The molecular formula is C26H19Cl2N3O4S. The van der Waals surface area contributed by atoms with Crippen molar-refractivity contribution in [1.82, 2.24) is 10.3 Å². The molecule has 0 unspecified atom stereocenters. The highest BCUT2D eigenvalue weighted by molar-refractivity contribution is 7.80. The van der Waals surface area contributed by atoms with Gasteiger partial charge in [-0.3, -0.25) is 4.98 Å². The van der Waals surface area contributed by atoms with Gasteiger partial charge in [-0.05, 0) is 72.9 Å². The van der Waals surface area contributed by atoms with Crippen LogP contribution in [0.4, 0.5) is 5.69 Å². The lowest BCUT2D eigenvalue weighted by molar-refractivity contribution is 0.0697. The molecule has 0 amide bonds. The first kappa shape index (κ1) is 24.1. The quantitative estimate of drug-likeness (QED) is 0.267. The van der Waals surface area contributed by atoms with Crippen LogP contribution in [0.3, 0.4) is 0 Å².